The molecule has 0 aromatic heterocycles. The van der Waals surface area contributed by atoms with Gasteiger partial charge in [-0.1, -0.05) is 6.08 Å². The highest BCUT2D eigenvalue weighted by Crippen LogP contribution is 1.73. The number of nitrogens with two attached hydrogens (primary N) is 1. The van der Waals surface area contributed by atoms with Crippen molar-refractivity contribution >= 4 is 5.97 Å². The van der Waals surface area contributed by atoms with Gasteiger partial charge in [-0.05, 0) is 0 Å². The molecule has 0 aromatic rings. The Balaban J connectivity index is 3.34. The van der Waals surface area contributed by atoms with Gasteiger partial charge in [-0.25, -0.2) is 0 Å². The van der Waals surface area contributed by atoms with E-state index in [0.29, 0.717) is 0 Å². The molecule has 1 unspecified atom stereocenters. The molecule has 0 radical (unpaired) electrons. The summed E-state index contributed by atoms with van der Waals surface area (Å²) in [4.78, 5) is 10.5. The van der Waals surface area contributed by atoms with E-state index in [-0.39, 0.29) is 18.7 Å². The smallest absolute Gasteiger partial charge is 0.319 e. The summed E-state index contributed by atoms with van der Waals surface area (Å²) in [5, 5.41) is 2.67. The molecule has 0 saturated carbocycles. The van der Waals surface area contributed by atoms with E-state index >= 15 is 0 Å². The number of hydrogen-bond acceptors (Lipinski definition) is 4. The number of carbonyl (C=O) groups is 1. The van der Waals surface area contributed by atoms with Gasteiger partial charge in [-0.15, -0.1) is 6.58 Å². The molecule has 0 aromatic carbocycles. The number of hydrogen-bond donors (Lipinski definition) is 2. The second-order valence-electron chi connectivity index (χ2n) is 1.72. The van der Waals surface area contributed by atoms with Gasteiger partial charge in [0, 0.05) is 0 Å². The number of ether oxygens (including phenoxy) is 1. The van der Waals surface area contributed by atoms with Crippen LogP contribution in [0.3, 0.4) is 0 Å². The maximum atomic E-state index is 10.5. The van der Waals surface area contributed by atoms with Crippen molar-refractivity contribution in [3.05, 3.63) is 12.7 Å². The molecule has 0 spiro atoms. The predicted molar refractivity (Wildman–Crippen MR) is 38.2 cm³/mol. The van der Waals surface area contributed by atoms with E-state index in [4.69, 9.17) is 5.73 Å². The predicted octanol–water partition coefficient (Wildman–Crippen LogP) is -0.780. The summed E-state index contributed by atoms with van der Waals surface area (Å²) in [5.41, 5.74) is 5.34. The van der Waals surface area contributed by atoms with Crippen LogP contribution in [0.2, 0.25) is 0 Å². The van der Waals surface area contributed by atoms with Crippen LogP contribution in [0.1, 0.15) is 0 Å². The number of methoxy groups -OCH3 is 1. The van der Waals surface area contributed by atoms with Crippen molar-refractivity contribution in [1.29, 1.82) is 0 Å². The molecule has 0 rings (SSSR count). The lowest BCUT2D eigenvalue weighted by atomic mass is 10.5. The molecule has 0 aliphatic rings. The normalized spacial score (nSPS) is 12.2. The molecule has 0 fully saturated rings. The second-order valence-corrected chi connectivity index (χ2v) is 1.72. The van der Waals surface area contributed by atoms with Crippen molar-refractivity contribution in [2.24, 2.45) is 5.73 Å². The maximum absolute atomic E-state index is 10.5. The molecule has 10 heavy (non-hydrogen) atoms. The zero-order valence-corrected chi connectivity index (χ0v) is 5.96. The third kappa shape index (κ3) is 4.05. The highest BCUT2D eigenvalue weighted by atomic mass is 16.5. The summed E-state index contributed by atoms with van der Waals surface area (Å²) >= 11 is 0. The van der Waals surface area contributed by atoms with Gasteiger partial charge in [-0.3, -0.25) is 10.1 Å². The fraction of sp³-hybridized carbons (Fsp3) is 0.500. The standard InChI is InChI=1S/C6H12N2O2/c1-3-5(7)8-4-6(9)10-2/h3,5,8H,1,4,7H2,2H3. The minimum absolute atomic E-state index is 0.115. The molecule has 1 atom stereocenters. The summed E-state index contributed by atoms with van der Waals surface area (Å²) in [6.45, 7) is 3.54. The average molecular weight is 144 g/mol. The lowest BCUT2D eigenvalue weighted by Gasteiger charge is -2.06. The monoisotopic (exact) mass is 144 g/mol. The summed E-state index contributed by atoms with van der Waals surface area (Å²) < 4.78 is 4.35. The van der Waals surface area contributed by atoms with Gasteiger partial charge in [0.25, 0.3) is 0 Å². The summed E-state index contributed by atoms with van der Waals surface area (Å²) in [7, 11) is 1.32. The number of carbonyl (C=O) groups excluding carboxylic acids is 1. The minimum Gasteiger partial charge on any atom is -0.468 e. The highest BCUT2D eigenvalue weighted by molar-refractivity contribution is 5.71. The SMILES string of the molecule is C=CC(N)NCC(=O)OC. The van der Waals surface area contributed by atoms with Crippen LogP contribution in [-0.2, 0) is 9.53 Å². The zero-order chi connectivity index (χ0) is 7.98. The van der Waals surface area contributed by atoms with Crippen molar-refractivity contribution in [2.75, 3.05) is 13.7 Å². The van der Waals surface area contributed by atoms with Crippen LogP contribution in [0.5, 0.6) is 0 Å². The van der Waals surface area contributed by atoms with Crippen LogP contribution in [0.4, 0.5) is 0 Å². The Morgan fingerprint density at radius 1 is 2.00 bits per heavy atom. The van der Waals surface area contributed by atoms with E-state index in [1.807, 2.05) is 0 Å². The van der Waals surface area contributed by atoms with Crippen LogP contribution < -0.4 is 11.1 Å². The molecular weight excluding hydrogens is 132 g/mol. The molecule has 3 N–H and O–H groups in total. The Bertz CT molecular complexity index is 125. The van der Waals surface area contributed by atoms with Gasteiger partial charge in [0.2, 0.25) is 0 Å². The van der Waals surface area contributed by atoms with Crippen LogP contribution in [0, 0.1) is 0 Å². The lowest BCUT2D eigenvalue weighted by Crippen LogP contribution is -2.38. The molecule has 0 saturated heterocycles. The second kappa shape index (κ2) is 4.96. The fourth-order valence-corrected chi connectivity index (χ4v) is 0.357. The lowest BCUT2D eigenvalue weighted by molar-refractivity contribution is -0.139. The first-order valence-corrected chi connectivity index (χ1v) is 2.89. The van der Waals surface area contributed by atoms with E-state index in [1.54, 1.807) is 0 Å². The molecule has 0 amide bonds. The van der Waals surface area contributed by atoms with E-state index in [1.165, 1.54) is 13.2 Å². The molecule has 0 aliphatic carbocycles. The van der Waals surface area contributed by atoms with Crippen LogP contribution in [-0.4, -0.2) is 25.8 Å². The quantitative estimate of drug-likeness (QED) is 0.308. The summed E-state index contributed by atoms with van der Waals surface area (Å²) in [6.07, 6.45) is 1.15. The number of rotatable bonds is 4. The topological polar surface area (TPSA) is 64.3 Å². The average Bonchev–Trinajstić information content (AvgIpc) is 1.99. The van der Waals surface area contributed by atoms with Crippen molar-refractivity contribution < 1.29 is 9.53 Å². The van der Waals surface area contributed by atoms with Crippen LogP contribution in [0.15, 0.2) is 12.7 Å². The van der Waals surface area contributed by atoms with E-state index < -0.39 is 0 Å². The third-order valence-electron chi connectivity index (χ3n) is 0.964. The van der Waals surface area contributed by atoms with E-state index in [2.05, 4.69) is 16.6 Å². The molecule has 4 nitrogen and oxygen atoms in total. The first-order valence-electron chi connectivity index (χ1n) is 2.89. The Kier molecular flexibility index (Phi) is 4.53. The third-order valence-corrected chi connectivity index (χ3v) is 0.964. The molecule has 58 valence electrons. The first kappa shape index (κ1) is 9.13. The largest absolute Gasteiger partial charge is 0.468 e. The van der Waals surface area contributed by atoms with Crippen molar-refractivity contribution in [1.82, 2.24) is 5.32 Å². The molecule has 4 heteroatoms. The van der Waals surface area contributed by atoms with Crippen molar-refractivity contribution in [3.8, 4) is 0 Å². The van der Waals surface area contributed by atoms with Gasteiger partial charge in [0.05, 0.1) is 19.8 Å². The van der Waals surface area contributed by atoms with E-state index in [9.17, 15) is 4.79 Å². The number of nitrogens with one attached hydrogen (secondary N) is 1. The Morgan fingerprint density at radius 2 is 2.60 bits per heavy atom. The first-order chi connectivity index (χ1) is 4.70. The Morgan fingerprint density at radius 3 is 3.00 bits per heavy atom. The zero-order valence-electron chi connectivity index (χ0n) is 5.96. The van der Waals surface area contributed by atoms with Crippen LogP contribution in [0.25, 0.3) is 0 Å². The molecular formula is C6H12N2O2. The molecule has 0 aliphatic heterocycles. The highest BCUT2D eigenvalue weighted by Gasteiger charge is 2.00. The minimum atomic E-state index is -0.348. The van der Waals surface area contributed by atoms with Crippen molar-refractivity contribution in [2.45, 2.75) is 6.17 Å². The van der Waals surface area contributed by atoms with Gasteiger partial charge in [-0.2, -0.15) is 0 Å². The van der Waals surface area contributed by atoms with Gasteiger partial charge in [0.1, 0.15) is 0 Å². The molecule has 0 heterocycles. The van der Waals surface area contributed by atoms with E-state index in [0.717, 1.165) is 0 Å². The Labute approximate surface area is 60.0 Å². The Hall–Kier alpha value is -0.870. The molecule has 0 bridgehead atoms. The van der Waals surface area contributed by atoms with Gasteiger partial charge >= 0.3 is 5.97 Å². The van der Waals surface area contributed by atoms with Gasteiger partial charge in [0.15, 0.2) is 0 Å². The van der Waals surface area contributed by atoms with Crippen LogP contribution >= 0.6 is 0 Å². The summed E-state index contributed by atoms with van der Waals surface area (Å²) in [6, 6.07) is 0. The van der Waals surface area contributed by atoms with Gasteiger partial charge < -0.3 is 10.5 Å². The summed E-state index contributed by atoms with van der Waals surface area (Å²) in [5.74, 6) is -0.336. The van der Waals surface area contributed by atoms with Crippen molar-refractivity contribution in [3.63, 3.8) is 0 Å². The number of esters is 1. The maximum Gasteiger partial charge on any atom is 0.319 e. The fourth-order valence-electron chi connectivity index (χ4n) is 0.357.